The van der Waals surface area contributed by atoms with Crippen molar-refractivity contribution in [2.24, 2.45) is 5.73 Å². The number of thiocarbonyl (C=S) groups is 1. The summed E-state index contributed by atoms with van der Waals surface area (Å²) in [5.74, 6) is 0. The van der Waals surface area contributed by atoms with Crippen LogP contribution in [0.5, 0.6) is 0 Å². The van der Waals surface area contributed by atoms with Gasteiger partial charge in [-0.15, -0.1) is 0 Å². The van der Waals surface area contributed by atoms with Gasteiger partial charge in [-0.1, -0.05) is 23.8 Å². The zero-order chi connectivity index (χ0) is 13.7. The number of nitrogens with two attached hydrogens (primary N) is 1. The maximum absolute atomic E-state index is 6.16. The monoisotopic (exact) mass is 294 g/mol. The van der Waals surface area contributed by atoms with Crippen molar-refractivity contribution in [2.75, 3.05) is 11.9 Å². The summed E-state index contributed by atoms with van der Waals surface area (Å²) in [6, 6.07) is 5.54. The maximum atomic E-state index is 6.16. The first kappa shape index (κ1) is 13.8. The number of hydrogen-bond donors (Lipinski definition) is 2. The van der Waals surface area contributed by atoms with E-state index in [-0.39, 0.29) is 0 Å². The number of rotatable bonds is 6. The van der Waals surface area contributed by atoms with Crippen LogP contribution in [-0.4, -0.2) is 21.1 Å². The SMILES string of the molecule is NC(=S)c1ccc(NCCCn2ccnc2)c(Cl)c1. The average molecular weight is 295 g/mol. The van der Waals surface area contributed by atoms with Crippen LogP contribution in [0, 0.1) is 0 Å². The summed E-state index contributed by atoms with van der Waals surface area (Å²) in [7, 11) is 0. The zero-order valence-electron chi connectivity index (χ0n) is 10.3. The third-order valence-corrected chi connectivity index (χ3v) is 3.27. The fraction of sp³-hybridized carbons (Fsp3) is 0.231. The van der Waals surface area contributed by atoms with Gasteiger partial charge in [0.2, 0.25) is 0 Å². The summed E-state index contributed by atoms with van der Waals surface area (Å²) >= 11 is 11.1. The number of aromatic nitrogens is 2. The molecule has 0 atom stereocenters. The van der Waals surface area contributed by atoms with Crippen molar-refractivity contribution in [3.05, 3.63) is 47.5 Å². The topological polar surface area (TPSA) is 55.9 Å². The fourth-order valence-electron chi connectivity index (χ4n) is 1.72. The number of nitrogens with one attached hydrogen (secondary N) is 1. The van der Waals surface area contributed by atoms with Crippen LogP contribution in [-0.2, 0) is 6.54 Å². The van der Waals surface area contributed by atoms with Crippen LogP contribution < -0.4 is 11.1 Å². The van der Waals surface area contributed by atoms with Crippen LogP contribution in [0.3, 0.4) is 0 Å². The van der Waals surface area contributed by atoms with Gasteiger partial charge in [0.25, 0.3) is 0 Å². The Hall–Kier alpha value is -1.59. The Bertz CT molecular complexity index is 554. The molecular formula is C13H15ClN4S. The fourth-order valence-corrected chi connectivity index (χ4v) is 2.09. The third-order valence-electron chi connectivity index (χ3n) is 2.72. The summed E-state index contributed by atoms with van der Waals surface area (Å²) in [6.45, 7) is 1.76. The minimum Gasteiger partial charge on any atom is -0.389 e. The molecule has 0 saturated heterocycles. The van der Waals surface area contributed by atoms with Crippen LogP contribution in [0.25, 0.3) is 0 Å². The molecule has 19 heavy (non-hydrogen) atoms. The van der Waals surface area contributed by atoms with E-state index < -0.39 is 0 Å². The van der Waals surface area contributed by atoms with Gasteiger partial charge in [0.05, 0.1) is 17.0 Å². The highest BCUT2D eigenvalue weighted by Crippen LogP contribution is 2.22. The summed E-state index contributed by atoms with van der Waals surface area (Å²) in [6.07, 6.45) is 6.52. The molecule has 0 aliphatic rings. The van der Waals surface area contributed by atoms with Gasteiger partial charge >= 0.3 is 0 Å². The van der Waals surface area contributed by atoms with E-state index in [0.717, 1.165) is 30.8 Å². The molecule has 0 aliphatic carbocycles. The summed E-state index contributed by atoms with van der Waals surface area (Å²) in [5.41, 5.74) is 7.23. The number of imidazole rings is 1. The third kappa shape index (κ3) is 3.94. The predicted octanol–water partition coefficient (Wildman–Crippen LogP) is 2.67. The lowest BCUT2D eigenvalue weighted by molar-refractivity contribution is 0.661. The van der Waals surface area contributed by atoms with E-state index >= 15 is 0 Å². The zero-order valence-corrected chi connectivity index (χ0v) is 11.9. The van der Waals surface area contributed by atoms with Crippen molar-refractivity contribution in [1.82, 2.24) is 9.55 Å². The molecule has 0 fully saturated rings. The van der Waals surface area contributed by atoms with Gasteiger partial charge < -0.3 is 15.6 Å². The number of hydrogen-bond acceptors (Lipinski definition) is 3. The van der Waals surface area contributed by atoms with E-state index in [1.807, 2.05) is 29.2 Å². The van der Waals surface area contributed by atoms with E-state index in [9.17, 15) is 0 Å². The first-order valence-electron chi connectivity index (χ1n) is 5.96. The lowest BCUT2D eigenvalue weighted by Crippen LogP contribution is -2.10. The Morgan fingerprint density at radius 3 is 2.95 bits per heavy atom. The molecule has 2 rings (SSSR count). The summed E-state index contributed by atoms with van der Waals surface area (Å²) in [4.78, 5) is 4.35. The van der Waals surface area contributed by atoms with Gasteiger partial charge in [-0.25, -0.2) is 4.98 Å². The lowest BCUT2D eigenvalue weighted by atomic mass is 10.2. The Morgan fingerprint density at radius 2 is 2.32 bits per heavy atom. The van der Waals surface area contributed by atoms with E-state index in [2.05, 4.69) is 10.3 Å². The number of benzene rings is 1. The van der Waals surface area contributed by atoms with E-state index in [0.29, 0.717) is 10.0 Å². The normalized spacial score (nSPS) is 10.4. The van der Waals surface area contributed by atoms with Crippen molar-refractivity contribution in [3.63, 3.8) is 0 Å². The van der Waals surface area contributed by atoms with Gasteiger partial charge in [-0.3, -0.25) is 0 Å². The molecule has 2 aromatic rings. The van der Waals surface area contributed by atoms with Crippen molar-refractivity contribution < 1.29 is 0 Å². The highest BCUT2D eigenvalue weighted by Gasteiger charge is 2.03. The molecule has 6 heteroatoms. The van der Waals surface area contributed by atoms with E-state index in [1.165, 1.54) is 0 Å². The molecule has 0 unspecified atom stereocenters. The quantitative estimate of drug-likeness (QED) is 0.635. The molecular weight excluding hydrogens is 280 g/mol. The molecule has 1 aromatic carbocycles. The smallest absolute Gasteiger partial charge is 0.104 e. The largest absolute Gasteiger partial charge is 0.389 e. The van der Waals surface area contributed by atoms with Crippen LogP contribution >= 0.6 is 23.8 Å². The highest BCUT2D eigenvalue weighted by molar-refractivity contribution is 7.80. The van der Waals surface area contributed by atoms with Crippen molar-refractivity contribution >= 4 is 34.5 Å². The molecule has 0 bridgehead atoms. The second-order valence-electron chi connectivity index (χ2n) is 4.14. The predicted molar refractivity (Wildman–Crippen MR) is 82.7 cm³/mol. The highest BCUT2D eigenvalue weighted by atomic mass is 35.5. The number of aryl methyl sites for hydroxylation is 1. The van der Waals surface area contributed by atoms with Crippen LogP contribution in [0.1, 0.15) is 12.0 Å². The Balaban J connectivity index is 1.84. The van der Waals surface area contributed by atoms with Gasteiger partial charge in [0.1, 0.15) is 4.99 Å². The number of anilines is 1. The molecule has 100 valence electrons. The minimum absolute atomic E-state index is 0.355. The second-order valence-corrected chi connectivity index (χ2v) is 4.99. The first-order valence-corrected chi connectivity index (χ1v) is 6.74. The van der Waals surface area contributed by atoms with Gasteiger partial charge in [-0.05, 0) is 24.6 Å². The average Bonchev–Trinajstić information content (AvgIpc) is 2.89. The van der Waals surface area contributed by atoms with Crippen molar-refractivity contribution in [1.29, 1.82) is 0 Å². The van der Waals surface area contributed by atoms with Crippen LogP contribution in [0.2, 0.25) is 5.02 Å². The molecule has 1 aromatic heterocycles. The summed E-state index contributed by atoms with van der Waals surface area (Å²) < 4.78 is 2.04. The molecule has 0 saturated carbocycles. The Labute approximate surface area is 122 Å². The second kappa shape index (κ2) is 6.54. The van der Waals surface area contributed by atoms with Crippen molar-refractivity contribution in [3.8, 4) is 0 Å². The van der Waals surface area contributed by atoms with Gasteiger partial charge in [0.15, 0.2) is 0 Å². The lowest BCUT2D eigenvalue weighted by Gasteiger charge is -2.10. The molecule has 0 spiro atoms. The number of halogens is 1. The molecule has 1 heterocycles. The Kier molecular flexibility index (Phi) is 4.76. The molecule has 4 nitrogen and oxygen atoms in total. The molecule has 0 aliphatic heterocycles. The molecule has 0 radical (unpaired) electrons. The van der Waals surface area contributed by atoms with E-state index in [1.54, 1.807) is 12.3 Å². The van der Waals surface area contributed by atoms with Crippen LogP contribution in [0.4, 0.5) is 5.69 Å². The standard InChI is InChI=1S/C13H15ClN4S/c14-11-8-10(13(15)19)2-3-12(11)17-4-1-6-18-7-5-16-9-18/h2-3,5,7-9,17H,1,4,6H2,(H2,15,19). The first-order chi connectivity index (χ1) is 9.16. The van der Waals surface area contributed by atoms with Gasteiger partial charge in [0, 0.05) is 31.0 Å². The number of nitrogens with zero attached hydrogens (tertiary/aromatic N) is 2. The molecule has 3 N–H and O–H groups in total. The van der Waals surface area contributed by atoms with Crippen LogP contribution in [0.15, 0.2) is 36.9 Å². The maximum Gasteiger partial charge on any atom is 0.104 e. The van der Waals surface area contributed by atoms with Gasteiger partial charge in [-0.2, -0.15) is 0 Å². The summed E-state index contributed by atoms with van der Waals surface area (Å²) in [5, 5.41) is 3.92. The minimum atomic E-state index is 0.355. The Morgan fingerprint density at radius 1 is 1.47 bits per heavy atom. The molecule has 0 amide bonds. The van der Waals surface area contributed by atoms with E-state index in [4.69, 9.17) is 29.6 Å². The van der Waals surface area contributed by atoms with Crippen molar-refractivity contribution in [2.45, 2.75) is 13.0 Å².